The molecule has 0 aliphatic rings. The van der Waals surface area contributed by atoms with E-state index in [4.69, 9.17) is 0 Å². The molecule has 2 rings (SSSR count). The third-order valence-corrected chi connectivity index (χ3v) is 3.30. The van der Waals surface area contributed by atoms with E-state index in [0.29, 0.717) is 0 Å². The van der Waals surface area contributed by atoms with Gasteiger partial charge in [0.25, 0.3) is 0 Å². The van der Waals surface area contributed by atoms with E-state index in [1.807, 2.05) is 12.2 Å². The van der Waals surface area contributed by atoms with Gasteiger partial charge in [-0.3, -0.25) is 0 Å². The Morgan fingerprint density at radius 1 is 1.00 bits per heavy atom. The molecule has 0 nitrogen and oxygen atoms in total. The number of rotatable bonds is 5. The number of benzene rings is 2. The molecule has 2 aromatic rings. The van der Waals surface area contributed by atoms with Crippen molar-refractivity contribution in [3.8, 4) is 11.1 Å². The van der Waals surface area contributed by atoms with Gasteiger partial charge in [0, 0.05) is 0 Å². The lowest BCUT2D eigenvalue weighted by Crippen LogP contribution is -1.89. The summed E-state index contributed by atoms with van der Waals surface area (Å²) in [5.74, 6) is 0. The zero-order valence-electron chi connectivity index (χ0n) is 11.5. The van der Waals surface area contributed by atoms with E-state index in [1.54, 1.807) is 0 Å². The zero-order chi connectivity index (χ0) is 13.5. The normalized spacial score (nSPS) is 10.8. The van der Waals surface area contributed by atoms with Crippen LogP contribution in [0.2, 0.25) is 0 Å². The molecule has 2 aromatic carbocycles. The van der Waals surface area contributed by atoms with Gasteiger partial charge in [0.1, 0.15) is 0 Å². The second kappa shape index (κ2) is 6.75. The van der Waals surface area contributed by atoms with Gasteiger partial charge in [0.15, 0.2) is 0 Å². The van der Waals surface area contributed by atoms with E-state index in [0.717, 1.165) is 12.8 Å². The predicted octanol–water partition coefficient (Wildman–Crippen LogP) is 5.34. The molecule has 0 spiro atoms. The van der Waals surface area contributed by atoms with Crippen molar-refractivity contribution in [2.75, 3.05) is 0 Å². The van der Waals surface area contributed by atoms with Crippen molar-refractivity contribution >= 4 is 0 Å². The molecule has 0 radical (unpaired) electrons. The number of hydrogen-bond acceptors (Lipinski definition) is 0. The maximum atomic E-state index is 3.68. The van der Waals surface area contributed by atoms with Gasteiger partial charge >= 0.3 is 0 Å². The highest BCUT2D eigenvalue weighted by Crippen LogP contribution is 2.22. The Morgan fingerprint density at radius 3 is 2.47 bits per heavy atom. The summed E-state index contributed by atoms with van der Waals surface area (Å²) in [7, 11) is 0. The molecule has 0 heterocycles. The van der Waals surface area contributed by atoms with Gasteiger partial charge in [-0.1, -0.05) is 73.3 Å². The smallest absolute Gasteiger partial charge is 0.0181 e. The fourth-order valence-electron chi connectivity index (χ4n) is 2.22. The van der Waals surface area contributed by atoms with Crippen LogP contribution in [0.3, 0.4) is 0 Å². The highest BCUT2D eigenvalue weighted by Gasteiger charge is 2.01. The van der Waals surface area contributed by atoms with Gasteiger partial charge in [0.2, 0.25) is 0 Å². The highest BCUT2D eigenvalue weighted by atomic mass is 14.1. The predicted molar refractivity (Wildman–Crippen MR) is 84.3 cm³/mol. The first-order valence-corrected chi connectivity index (χ1v) is 6.74. The second-order valence-corrected chi connectivity index (χ2v) is 4.71. The molecule has 0 amide bonds. The monoisotopic (exact) mass is 248 g/mol. The molecule has 0 heteroatoms. The molecule has 0 saturated carbocycles. The molecule has 0 saturated heterocycles. The summed E-state index contributed by atoms with van der Waals surface area (Å²) in [6, 6.07) is 17.3. The SMILES string of the molecule is C=C/C=C/CCc1ccc(-c2ccccc2)cc1C. The van der Waals surface area contributed by atoms with E-state index >= 15 is 0 Å². The average molecular weight is 248 g/mol. The lowest BCUT2D eigenvalue weighted by atomic mass is 9.97. The Bertz CT molecular complexity index is 562. The number of hydrogen-bond donors (Lipinski definition) is 0. The number of allylic oxidation sites excluding steroid dienone is 3. The highest BCUT2D eigenvalue weighted by molar-refractivity contribution is 5.64. The first kappa shape index (κ1) is 13.4. The van der Waals surface area contributed by atoms with E-state index in [2.05, 4.69) is 68.1 Å². The minimum Gasteiger partial charge on any atom is -0.0991 e. The second-order valence-electron chi connectivity index (χ2n) is 4.71. The van der Waals surface area contributed by atoms with Crippen LogP contribution in [0.15, 0.2) is 73.3 Å². The standard InChI is InChI=1S/C19H20/c1-3-4-5-7-10-17-13-14-19(15-16(17)2)18-11-8-6-9-12-18/h3-6,8-9,11-15H,1,7,10H2,2H3/b5-4+. The van der Waals surface area contributed by atoms with Crippen molar-refractivity contribution in [2.24, 2.45) is 0 Å². The third kappa shape index (κ3) is 3.69. The zero-order valence-corrected chi connectivity index (χ0v) is 11.5. The Morgan fingerprint density at radius 2 is 1.79 bits per heavy atom. The summed E-state index contributed by atoms with van der Waals surface area (Å²) in [6.07, 6.45) is 8.15. The molecule has 0 N–H and O–H groups in total. The van der Waals surface area contributed by atoms with E-state index < -0.39 is 0 Å². The Labute approximate surface area is 116 Å². The summed E-state index contributed by atoms with van der Waals surface area (Å²) in [6.45, 7) is 5.87. The van der Waals surface area contributed by atoms with Crippen LogP contribution in [0.5, 0.6) is 0 Å². The van der Waals surface area contributed by atoms with Gasteiger partial charge in [-0.15, -0.1) is 0 Å². The van der Waals surface area contributed by atoms with Crippen LogP contribution in [0.25, 0.3) is 11.1 Å². The van der Waals surface area contributed by atoms with Crippen molar-refractivity contribution < 1.29 is 0 Å². The molecule has 0 bridgehead atoms. The van der Waals surface area contributed by atoms with Crippen LogP contribution in [0, 0.1) is 6.92 Å². The van der Waals surface area contributed by atoms with Crippen molar-refractivity contribution in [2.45, 2.75) is 19.8 Å². The Balaban J connectivity index is 2.13. The van der Waals surface area contributed by atoms with Gasteiger partial charge < -0.3 is 0 Å². The van der Waals surface area contributed by atoms with Crippen molar-refractivity contribution in [3.63, 3.8) is 0 Å². The summed E-state index contributed by atoms with van der Waals surface area (Å²) >= 11 is 0. The van der Waals surface area contributed by atoms with Crippen LogP contribution in [-0.2, 0) is 6.42 Å². The largest absolute Gasteiger partial charge is 0.0991 e. The van der Waals surface area contributed by atoms with Crippen molar-refractivity contribution in [3.05, 3.63) is 84.5 Å². The third-order valence-electron chi connectivity index (χ3n) is 3.30. The van der Waals surface area contributed by atoms with Crippen molar-refractivity contribution in [1.82, 2.24) is 0 Å². The van der Waals surface area contributed by atoms with Gasteiger partial charge in [-0.25, -0.2) is 0 Å². The lowest BCUT2D eigenvalue weighted by molar-refractivity contribution is 0.987. The topological polar surface area (TPSA) is 0 Å². The summed E-state index contributed by atoms with van der Waals surface area (Å²) in [5.41, 5.74) is 5.37. The maximum Gasteiger partial charge on any atom is -0.0181 e. The Kier molecular flexibility index (Phi) is 4.74. The average Bonchev–Trinajstić information content (AvgIpc) is 2.46. The minimum absolute atomic E-state index is 1.07. The van der Waals surface area contributed by atoms with E-state index in [-0.39, 0.29) is 0 Å². The summed E-state index contributed by atoms with van der Waals surface area (Å²) in [4.78, 5) is 0. The first-order chi connectivity index (χ1) is 9.31. The van der Waals surface area contributed by atoms with Crippen molar-refractivity contribution in [1.29, 1.82) is 0 Å². The van der Waals surface area contributed by atoms with E-state index in [1.165, 1.54) is 22.3 Å². The maximum absolute atomic E-state index is 3.68. The van der Waals surface area contributed by atoms with E-state index in [9.17, 15) is 0 Å². The fraction of sp³-hybridized carbons (Fsp3) is 0.158. The molecule has 0 aliphatic heterocycles. The van der Waals surface area contributed by atoms with Crippen LogP contribution >= 0.6 is 0 Å². The van der Waals surface area contributed by atoms with Gasteiger partial charge in [-0.2, -0.15) is 0 Å². The van der Waals surface area contributed by atoms with Crippen LogP contribution in [0.4, 0.5) is 0 Å². The van der Waals surface area contributed by atoms with Crippen LogP contribution < -0.4 is 0 Å². The first-order valence-electron chi connectivity index (χ1n) is 6.74. The molecule has 19 heavy (non-hydrogen) atoms. The lowest BCUT2D eigenvalue weighted by Gasteiger charge is -2.08. The molecular formula is C19H20. The number of aryl methyl sites for hydroxylation is 2. The summed E-state index contributed by atoms with van der Waals surface area (Å²) in [5, 5.41) is 0. The van der Waals surface area contributed by atoms with Crippen LogP contribution in [0.1, 0.15) is 17.5 Å². The molecular weight excluding hydrogens is 228 g/mol. The Hall–Kier alpha value is -2.08. The minimum atomic E-state index is 1.07. The molecule has 0 atom stereocenters. The summed E-state index contributed by atoms with van der Waals surface area (Å²) < 4.78 is 0. The molecule has 0 unspecified atom stereocenters. The quantitative estimate of drug-likeness (QED) is 0.627. The fourth-order valence-corrected chi connectivity index (χ4v) is 2.22. The van der Waals surface area contributed by atoms with Gasteiger partial charge in [0.05, 0.1) is 0 Å². The molecule has 96 valence electrons. The molecule has 0 aromatic heterocycles. The molecule has 0 fully saturated rings. The molecule has 0 aliphatic carbocycles. The van der Waals surface area contributed by atoms with Gasteiger partial charge in [-0.05, 0) is 42.0 Å². The van der Waals surface area contributed by atoms with Crippen LogP contribution in [-0.4, -0.2) is 0 Å².